The number of nitrogens with zero attached hydrogens (tertiary/aromatic N) is 8. The molecule has 2 fully saturated rings. The summed E-state index contributed by atoms with van der Waals surface area (Å²) in [5.41, 5.74) is 0.191. The van der Waals surface area contributed by atoms with Gasteiger partial charge in [-0.15, -0.1) is 0 Å². The average Bonchev–Trinajstić information content (AvgIpc) is 3.26. The smallest absolute Gasteiger partial charge is 0.367 e. The van der Waals surface area contributed by atoms with Crippen LogP contribution < -0.4 is 9.80 Å². The van der Waals surface area contributed by atoms with Gasteiger partial charge in [0.05, 0.1) is 35.9 Å². The van der Waals surface area contributed by atoms with Crippen molar-refractivity contribution in [3.8, 4) is 0 Å². The quantitative estimate of drug-likeness (QED) is 0.558. The molecule has 0 saturated carbocycles. The van der Waals surface area contributed by atoms with Crippen molar-refractivity contribution in [3.63, 3.8) is 0 Å². The van der Waals surface area contributed by atoms with Crippen LogP contribution in [-0.4, -0.2) is 61.7 Å². The second-order valence-corrected chi connectivity index (χ2v) is 7.76. The van der Waals surface area contributed by atoms with E-state index in [0.717, 1.165) is 17.1 Å². The lowest BCUT2D eigenvalue weighted by Crippen LogP contribution is -2.60. The molecular formula is C18H15F5N8O. The Hall–Kier alpha value is -3.45. The minimum absolute atomic E-state index is 0.161. The zero-order valence-electron chi connectivity index (χ0n) is 16.3. The van der Waals surface area contributed by atoms with E-state index in [4.69, 9.17) is 0 Å². The number of fused-ring (bicyclic) bond motifs is 1. The van der Waals surface area contributed by atoms with Gasteiger partial charge in [0.25, 0.3) is 6.43 Å². The van der Waals surface area contributed by atoms with Crippen LogP contribution in [-0.2, 0) is 17.5 Å². The third-order valence-electron chi connectivity index (χ3n) is 5.68. The van der Waals surface area contributed by atoms with Crippen LogP contribution >= 0.6 is 0 Å². The molecule has 2 aliphatic heterocycles. The number of anilines is 2. The summed E-state index contributed by atoms with van der Waals surface area (Å²) in [4.78, 5) is 31.5. The Morgan fingerprint density at radius 2 is 1.78 bits per heavy atom. The molecule has 0 radical (unpaired) electrons. The molecule has 0 N–H and O–H groups in total. The largest absolute Gasteiger partial charge is 0.451 e. The predicted octanol–water partition coefficient (Wildman–Crippen LogP) is 2.14. The highest BCUT2D eigenvalue weighted by atomic mass is 19.4. The van der Waals surface area contributed by atoms with E-state index in [1.807, 2.05) is 0 Å². The first-order valence-electron chi connectivity index (χ1n) is 9.59. The summed E-state index contributed by atoms with van der Waals surface area (Å²) >= 11 is 0. The van der Waals surface area contributed by atoms with Crippen molar-refractivity contribution in [2.45, 2.75) is 25.6 Å². The first-order valence-corrected chi connectivity index (χ1v) is 9.59. The molecule has 1 spiro atoms. The maximum atomic E-state index is 13.1. The molecule has 0 aromatic carbocycles. The summed E-state index contributed by atoms with van der Waals surface area (Å²) in [7, 11) is 0. The zero-order valence-corrected chi connectivity index (χ0v) is 16.3. The highest BCUT2D eigenvalue weighted by Gasteiger charge is 2.55. The van der Waals surface area contributed by atoms with E-state index >= 15 is 0 Å². The topological polar surface area (TPSA) is 92.9 Å². The van der Waals surface area contributed by atoms with Crippen LogP contribution in [0.3, 0.4) is 0 Å². The van der Waals surface area contributed by atoms with Crippen molar-refractivity contribution < 1.29 is 26.7 Å². The average molecular weight is 454 g/mol. The van der Waals surface area contributed by atoms with E-state index in [2.05, 4.69) is 25.0 Å². The third-order valence-corrected chi connectivity index (χ3v) is 5.68. The van der Waals surface area contributed by atoms with E-state index in [9.17, 15) is 26.7 Å². The lowest BCUT2D eigenvalue weighted by molar-refractivity contribution is -0.145. The molecule has 1 amide bonds. The number of alkyl halides is 5. The molecule has 0 unspecified atom stereocenters. The van der Waals surface area contributed by atoms with Crippen molar-refractivity contribution in [3.05, 3.63) is 30.6 Å². The van der Waals surface area contributed by atoms with Gasteiger partial charge in [-0.3, -0.25) is 9.69 Å². The second kappa shape index (κ2) is 7.03. The third kappa shape index (κ3) is 3.29. The summed E-state index contributed by atoms with van der Waals surface area (Å²) in [6.07, 6.45) is -1.82. The molecule has 2 aliphatic rings. The Morgan fingerprint density at radius 3 is 2.44 bits per heavy atom. The highest BCUT2D eigenvalue weighted by molar-refractivity contribution is 6.01. The summed E-state index contributed by atoms with van der Waals surface area (Å²) in [6, 6.07) is 0. The van der Waals surface area contributed by atoms with Crippen molar-refractivity contribution in [1.82, 2.24) is 29.7 Å². The summed E-state index contributed by atoms with van der Waals surface area (Å²) < 4.78 is 64.5. The molecule has 3 aromatic heterocycles. The molecule has 2 saturated heterocycles. The highest BCUT2D eigenvalue weighted by Crippen LogP contribution is 2.43. The van der Waals surface area contributed by atoms with Gasteiger partial charge in [0.1, 0.15) is 12.1 Å². The molecule has 0 bridgehead atoms. The minimum Gasteiger partial charge on any atom is -0.367 e. The Balaban J connectivity index is 1.32. The fraction of sp³-hybridized carbons (Fsp3) is 0.444. The lowest BCUT2D eigenvalue weighted by Gasteiger charge is -2.47. The fourth-order valence-electron chi connectivity index (χ4n) is 4.06. The molecule has 9 nitrogen and oxygen atoms in total. The Labute approximate surface area is 176 Å². The maximum absolute atomic E-state index is 13.1. The van der Waals surface area contributed by atoms with Crippen molar-refractivity contribution in [2.75, 3.05) is 29.4 Å². The number of hydrogen-bond acceptors (Lipinski definition) is 7. The van der Waals surface area contributed by atoms with Gasteiger partial charge in [-0.1, -0.05) is 0 Å². The van der Waals surface area contributed by atoms with Crippen LogP contribution in [0.25, 0.3) is 11.2 Å². The number of amides is 1. The van der Waals surface area contributed by atoms with Gasteiger partial charge in [0.2, 0.25) is 11.7 Å². The number of halogens is 5. The number of aromatic nitrogens is 6. The van der Waals surface area contributed by atoms with Gasteiger partial charge >= 0.3 is 6.18 Å². The molecule has 0 atom stereocenters. The summed E-state index contributed by atoms with van der Waals surface area (Å²) in [6.45, 7) is 0.328. The van der Waals surface area contributed by atoms with Gasteiger partial charge in [-0.25, -0.2) is 33.4 Å². The predicted molar refractivity (Wildman–Crippen MR) is 100.0 cm³/mol. The Bertz CT molecular complexity index is 1170. The van der Waals surface area contributed by atoms with Gasteiger partial charge in [-0.05, 0) is 6.42 Å². The van der Waals surface area contributed by atoms with Crippen LogP contribution in [0.1, 0.15) is 12.2 Å². The number of rotatable bonds is 4. The maximum Gasteiger partial charge on any atom is 0.451 e. The molecule has 32 heavy (non-hydrogen) atoms. The Kier molecular flexibility index (Phi) is 4.49. The number of hydrogen-bond donors (Lipinski definition) is 0. The van der Waals surface area contributed by atoms with Crippen molar-refractivity contribution >= 4 is 28.6 Å². The van der Waals surface area contributed by atoms with E-state index in [1.54, 1.807) is 4.90 Å². The van der Waals surface area contributed by atoms with E-state index < -0.39 is 30.4 Å². The Morgan fingerprint density at radius 1 is 1.06 bits per heavy atom. The molecule has 5 heterocycles. The number of carbonyl (C=O) groups is 1. The lowest BCUT2D eigenvalue weighted by atomic mass is 9.78. The monoisotopic (exact) mass is 454 g/mol. The standard InChI is InChI=1S/C18H15F5N8O/c19-12(20)7-31-14-11(5-27-31)24-6-13(28-14)30-2-1-17(16(30)32)8-29(9-17)10-3-25-15(26-4-10)18(21,22)23/h3-6,12H,1-2,7-9H2. The molecule has 5 rings (SSSR count). The van der Waals surface area contributed by atoms with Crippen LogP contribution in [0, 0.1) is 5.41 Å². The summed E-state index contributed by atoms with van der Waals surface area (Å²) in [5.74, 6) is -1.18. The first-order chi connectivity index (χ1) is 15.2. The van der Waals surface area contributed by atoms with Gasteiger partial charge in [0, 0.05) is 19.6 Å². The van der Waals surface area contributed by atoms with Crippen molar-refractivity contribution in [2.24, 2.45) is 5.41 Å². The molecule has 3 aromatic rings. The molecule has 0 aliphatic carbocycles. The van der Waals surface area contributed by atoms with Gasteiger partial charge in [-0.2, -0.15) is 18.3 Å². The second-order valence-electron chi connectivity index (χ2n) is 7.76. The van der Waals surface area contributed by atoms with Gasteiger partial charge in [0.15, 0.2) is 11.5 Å². The van der Waals surface area contributed by atoms with Gasteiger partial charge < -0.3 is 4.90 Å². The van der Waals surface area contributed by atoms with E-state index in [-0.39, 0.29) is 17.4 Å². The van der Waals surface area contributed by atoms with Crippen LogP contribution in [0.2, 0.25) is 0 Å². The fourth-order valence-corrected chi connectivity index (χ4v) is 4.06. The summed E-state index contributed by atoms with van der Waals surface area (Å²) in [5, 5.41) is 3.86. The zero-order chi connectivity index (χ0) is 22.7. The molecular weight excluding hydrogens is 439 g/mol. The van der Waals surface area contributed by atoms with E-state index in [1.165, 1.54) is 17.3 Å². The van der Waals surface area contributed by atoms with Crippen LogP contribution in [0.4, 0.5) is 33.5 Å². The molecule has 168 valence electrons. The van der Waals surface area contributed by atoms with Crippen molar-refractivity contribution in [1.29, 1.82) is 0 Å². The minimum atomic E-state index is -4.62. The number of carbonyl (C=O) groups excluding carboxylic acids is 1. The molecule has 14 heteroatoms. The van der Waals surface area contributed by atoms with E-state index in [0.29, 0.717) is 37.3 Å². The first kappa shape index (κ1) is 20.5. The van der Waals surface area contributed by atoms with Crippen LogP contribution in [0.5, 0.6) is 0 Å². The SMILES string of the molecule is O=C1N(c2cnc3cnn(CC(F)F)c3n2)CCC12CN(c1cnc(C(F)(F)F)nc1)C2. The normalized spacial score (nSPS) is 18.2. The van der Waals surface area contributed by atoms with Crippen LogP contribution in [0.15, 0.2) is 24.8 Å².